The standard InChI is InChI=1S/C7H12N4/c1-6-5-11(10-9-6)7-2-3-8-4-7/h5,7-8H,2-4H2,1H3. The quantitative estimate of drug-likeness (QED) is 0.621. The smallest absolute Gasteiger partial charge is 0.0796 e. The van der Waals surface area contributed by atoms with Gasteiger partial charge in [-0.3, -0.25) is 0 Å². The molecule has 1 aromatic heterocycles. The molecule has 0 aliphatic carbocycles. The van der Waals surface area contributed by atoms with Crippen molar-refractivity contribution in [2.24, 2.45) is 0 Å². The molecule has 1 aliphatic rings. The summed E-state index contributed by atoms with van der Waals surface area (Å²) in [6, 6.07) is 0.524. The van der Waals surface area contributed by atoms with Crippen molar-refractivity contribution in [3.63, 3.8) is 0 Å². The van der Waals surface area contributed by atoms with Gasteiger partial charge < -0.3 is 5.32 Å². The van der Waals surface area contributed by atoms with E-state index in [1.165, 1.54) is 6.42 Å². The van der Waals surface area contributed by atoms with Crippen LogP contribution in [0.1, 0.15) is 18.2 Å². The first kappa shape index (κ1) is 6.79. The largest absolute Gasteiger partial charge is 0.315 e. The summed E-state index contributed by atoms with van der Waals surface area (Å²) < 4.78 is 1.95. The van der Waals surface area contributed by atoms with Crippen LogP contribution in [0.25, 0.3) is 0 Å². The summed E-state index contributed by atoms with van der Waals surface area (Å²) in [6.45, 7) is 4.10. The second kappa shape index (κ2) is 2.62. The minimum absolute atomic E-state index is 0.524. The summed E-state index contributed by atoms with van der Waals surface area (Å²) in [6.07, 6.45) is 3.17. The summed E-state index contributed by atoms with van der Waals surface area (Å²) in [5.74, 6) is 0. The fraction of sp³-hybridized carbons (Fsp3) is 0.714. The number of aromatic nitrogens is 3. The third-order valence-electron chi connectivity index (χ3n) is 2.03. The Kier molecular flexibility index (Phi) is 1.62. The van der Waals surface area contributed by atoms with E-state index in [4.69, 9.17) is 0 Å². The van der Waals surface area contributed by atoms with Crippen molar-refractivity contribution in [3.8, 4) is 0 Å². The van der Waals surface area contributed by atoms with Crippen LogP contribution in [0.2, 0.25) is 0 Å². The van der Waals surface area contributed by atoms with E-state index in [1.807, 2.05) is 17.8 Å². The van der Waals surface area contributed by atoms with Crippen LogP contribution in [-0.2, 0) is 0 Å². The average Bonchev–Trinajstić information content (AvgIpc) is 2.55. The van der Waals surface area contributed by atoms with Gasteiger partial charge in [0.05, 0.1) is 11.7 Å². The second-order valence-corrected chi connectivity index (χ2v) is 2.99. The molecule has 0 amide bonds. The van der Waals surface area contributed by atoms with Crippen LogP contribution < -0.4 is 5.32 Å². The Morgan fingerprint density at radius 3 is 3.18 bits per heavy atom. The highest BCUT2D eigenvalue weighted by atomic mass is 15.4. The van der Waals surface area contributed by atoms with E-state index >= 15 is 0 Å². The third-order valence-corrected chi connectivity index (χ3v) is 2.03. The number of hydrogen-bond donors (Lipinski definition) is 1. The van der Waals surface area contributed by atoms with Crippen LogP contribution in [0, 0.1) is 6.92 Å². The lowest BCUT2D eigenvalue weighted by Crippen LogP contribution is -2.13. The molecule has 4 nitrogen and oxygen atoms in total. The van der Waals surface area contributed by atoms with Crippen LogP contribution in [0.5, 0.6) is 0 Å². The predicted molar refractivity (Wildman–Crippen MR) is 41.3 cm³/mol. The van der Waals surface area contributed by atoms with E-state index in [2.05, 4.69) is 15.6 Å². The van der Waals surface area contributed by atoms with Crippen LogP contribution in [0.3, 0.4) is 0 Å². The number of hydrogen-bond acceptors (Lipinski definition) is 3. The van der Waals surface area contributed by atoms with Crippen LogP contribution in [0.4, 0.5) is 0 Å². The van der Waals surface area contributed by atoms with E-state index in [-0.39, 0.29) is 0 Å². The Morgan fingerprint density at radius 2 is 2.64 bits per heavy atom. The first-order valence-corrected chi connectivity index (χ1v) is 3.95. The van der Waals surface area contributed by atoms with Crippen molar-refractivity contribution >= 4 is 0 Å². The van der Waals surface area contributed by atoms with Gasteiger partial charge >= 0.3 is 0 Å². The van der Waals surface area contributed by atoms with Crippen LogP contribution in [0.15, 0.2) is 6.20 Å². The van der Waals surface area contributed by atoms with Crippen molar-refractivity contribution in [2.45, 2.75) is 19.4 Å². The zero-order valence-corrected chi connectivity index (χ0v) is 6.62. The van der Waals surface area contributed by atoms with E-state index in [1.54, 1.807) is 0 Å². The molecule has 0 radical (unpaired) electrons. The molecule has 1 aliphatic heterocycles. The monoisotopic (exact) mass is 152 g/mol. The number of rotatable bonds is 1. The van der Waals surface area contributed by atoms with E-state index in [0.29, 0.717) is 6.04 Å². The Morgan fingerprint density at radius 1 is 1.73 bits per heavy atom. The van der Waals surface area contributed by atoms with Gasteiger partial charge in [0.1, 0.15) is 0 Å². The molecule has 1 saturated heterocycles. The molecule has 4 heteroatoms. The maximum atomic E-state index is 4.02. The third kappa shape index (κ3) is 1.26. The highest BCUT2D eigenvalue weighted by Crippen LogP contribution is 2.12. The molecule has 1 unspecified atom stereocenters. The Balaban J connectivity index is 2.15. The van der Waals surface area contributed by atoms with E-state index in [0.717, 1.165) is 18.8 Å². The minimum atomic E-state index is 0.524. The highest BCUT2D eigenvalue weighted by molar-refractivity contribution is 4.90. The van der Waals surface area contributed by atoms with Gasteiger partial charge in [-0.1, -0.05) is 5.21 Å². The maximum Gasteiger partial charge on any atom is 0.0796 e. The molecular weight excluding hydrogens is 140 g/mol. The first-order chi connectivity index (χ1) is 5.36. The number of nitrogens with zero attached hydrogens (tertiary/aromatic N) is 3. The fourth-order valence-electron chi connectivity index (χ4n) is 1.41. The van der Waals surface area contributed by atoms with Crippen molar-refractivity contribution < 1.29 is 0 Å². The normalized spacial score (nSPS) is 24.3. The van der Waals surface area contributed by atoms with Crippen LogP contribution >= 0.6 is 0 Å². The van der Waals surface area contributed by atoms with Crippen molar-refractivity contribution in [1.29, 1.82) is 0 Å². The molecule has 11 heavy (non-hydrogen) atoms. The van der Waals surface area contributed by atoms with Gasteiger partial charge in [-0.2, -0.15) is 0 Å². The molecule has 2 rings (SSSR count). The Bertz CT molecular complexity index is 236. The van der Waals surface area contributed by atoms with E-state index in [9.17, 15) is 0 Å². The molecule has 0 aromatic carbocycles. The van der Waals surface area contributed by atoms with Gasteiger partial charge in [-0.05, 0) is 19.9 Å². The van der Waals surface area contributed by atoms with Gasteiger partial charge in [-0.15, -0.1) is 5.10 Å². The molecule has 1 N–H and O–H groups in total. The van der Waals surface area contributed by atoms with Crippen LogP contribution in [-0.4, -0.2) is 28.1 Å². The van der Waals surface area contributed by atoms with E-state index < -0.39 is 0 Å². The molecule has 0 saturated carbocycles. The SMILES string of the molecule is Cc1cn(C2CCNC2)nn1. The maximum absolute atomic E-state index is 4.02. The molecule has 1 atom stereocenters. The highest BCUT2D eigenvalue weighted by Gasteiger charge is 2.16. The van der Waals surface area contributed by atoms with Crippen molar-refractivity contribution in [1.82, 2.24) is 20.3 Å². The Hall–Kier alpha value is -0.900. The number of nitrogens with one attached hydrogen (secondary N) is 1. The predicted octanol–water partition coefficient (Wildman–Crippen LogP) is 0.121. The van der Waals surface area contributed by atoms with Crippen molar-refractivity contribution in [3.05, 3.63) is 11.9 Å². The number of aryl methyl sites for hydroxylation is 1. The van der Waals surface area contributed by atoms with Gasteiger partial charge in [0.2, 0.25) is 0 Å². The molecule has 60 valence electrons. The molecule has 1 fully saturated rings. The van der Waals surface area contributed by atoms with Gasteiger partial charge in [0.25, 0.3) is 0 Å². The zero-order chi connectivity index (χ0) is 7.68. The summed E-state index contributed by atoms with van der Waals surface area (Å²) in [5, 5.41) is 11.3. The topological polar surface area (TPSA) is 42.7 Å². The average molecular weight is 152 g/mol. The Labute approximate surface area is 65.6 Å². The minimum Gasteiger partial charge on any atom is -0.315 e. The molecule has 1 aromatic rings. The lowest BCUT2D eigenvalue weighted by atomic mass is 10.3. The molecule has 2 heterocycles. The van der Waals surface area contributed by atoms with Crippen molar-refractivity contribution in [2.75, 3.05) is 13.1 Å². The summed E-state index contributed by atoms with van der Waals surface area (Å²) in [7, 11) is 0. The molecular formula is C7H12N4. The summed E-state index contributed by atoms with van der Waals surface area (Å²) >= 11 is 0. The van der Waals surface area contributed by atoms with Gasteiger partial charge in [0, 0.05) is 12.7 Å². The first-order valence-electron chi connectivity index (χ1n) is 3.95. The van der Waals surface area contributed by atoms with Gasteiger partial charge in [-0.25, -0.2) is 4.68 Å². The second-order valence-electron chi connectivity index (χ2n) is 2.99. The summed E-state index contributed by atoms with van der Waals surface area (Å²) in [4.78, 5) is 0. The van der Waals surface area contributed by atoms with Gasteiger partial charge in [0.15, 0.2) is 0 Å². The molecule has 0 bridgehead atoms. The zero-order valence-electron chi connectivity index (χ0n) is 6.62. The summed E-state index contributed by atoms with van der Waals surface area (Å²) in [5.41, 5.74) is 0.997. The molecule has 0 spiro atoms. The lowest BCUT2D eigenvalue weighted by Gasteiger charge is -2.05. The fourth-order valence-corrected chi connectivity index (χ4v) is 1.41. The lowest BCUT2D eigenvalue weighted by molar-refractivity contribution is 0.476.